The molecule has 2 rings (SSSR count). The van der Waals surface area contributed by atoms with Gasteiger partial charge in [-0.3, -0.25) is 14.8 Å². The van der Waals surface area contributed by atoms with E-state index in [9.17, 15) is 10.1 Å². The molecule has 0 atom stereocenters. The molecule has 0 amide bonds. The quantitative estimate of drug-likeness (QED) is 0.670. The SMILES string of the molecule is CC(C)CCn1cc(N)c(-c2cccc([N+](=O)[O-])c2)n1. The van der Waals surface area contributed by atoms with Gasteiger partial charge in [-0.2, -0.15) is 5.10 Å². The van der Waals surface area contributed by atoms with Crippen molar-refractivity contribution in [3.05, 3.63) is 40.6 Å². The number of hydrogen-bond donors (Lipinski definition) is 1. The van der Waals surface area contributed by atoms with E-state index in [1.165, 1.54) is 12.1 Å². The van der Waals surface area contributed by atoms with Crippen LogP contribution in [-0.4, -0.2) is 14.7 Å². The molecule has 6 nitrogen and oxygen atoms in total. The fourth-order valence-corrected chi connectivity index (χ4v) is 1.93. The van der Waals surface area contributed by atoms with Crippen molar-refractivity contribution in [2.75, 3.05) is 5.73 Å². The number of hydrogen-bond acceptors (Lipinski definition) is 4. The summed E-state index contributed by atoms with van der Waals surface area (Å²) in [4.78, 5) is 10.4. The number of non-ortho nitro benzene ring substituents is 1. The van der Waals surface area contributed by atoms with Gasteiger partial charge in [0.1, 0.15) is 5.69 Å². The molecule has 1 aromatic heterocycles. The predicted molar refractivity (Wildman–Crippen MR) is 78.2 cm³/mol. The van der Waals surface area contributed by atoms with Crippen LogP contribution in [-0.2, 0) is 6.54 Å². The minimum Gasteiger partial charge on any atom is -0.396 e. The van der Waals surface area contributed by atoms with Crippen molar-refractivity contribution in [3.8, 4) is 11.3 Å². The molecule has 2 aromatic rings. The highest BCUT2D eigenvalue weighted by molar-refractivity contribution is 5.73. The normalized spacial score (nSPS) is 10.9. The maximum atomic E-state index is 10.8. The number of benzene rings is 1. The lowest BCUT2D eigenvalue weighted by molar-refractivity contribution is -0.384. The van der Waals surface area contributed by atoms with Crippen molar-refractivity contribution in [2.45, 2.75) is 26.8 Å². The molecule has 0 aliphatic carbocycles. The molecule has 2 N–H and O–H groups in total. The number of aryl methyl sites for hydroxylation is 1. The largest absolute Gasteiger partial charge is 0.396 e. The third-order valence-corrected chi connectivity index (χ3v) is 3.06. The van der Waals surface area contributed by atoms with Crippen LogP contribution in [0.2, 0.25) is 0 Å². The van der Waals surface area contributed by atoms with Crippen LogP contribution in [0.1, 0.15) is 20.3 Å². The summed E-state index contributed by atoms with van der Waals surface area (Å²) in [6.45, 7) is 5.08. The van der Waals surface area contributed by atoms with Crippen LogP contribution < -0.4 is 5.73 Å². The highest BCUT2D eigenvalue weighted by Gasteiger charge is 2.12. The molecular formula is C14H18N4O2. The third kappa shape index (κ3) is 3.14. The second-order valence-corrected chi connectivity index (χ2v) is 5.19. The lowest BCUT2D eigenvalue weighted by atomic mass is 10.1. The molecule has 1 heterocycles. The molecule has 0 bridgehead atoms. The fourth-order valence-electron chi connectivity index (χ4n) is 1.93. The Labute approximate surface area is 117 Å². The van der Waals surface area contributed by atoms with Gasteiger partial charge in [-0.1, -0.05) is 26.0 Å². The van der Waals surface area contributed by atoms with E-state index in [0.29, 0.717) is 22.9 Å². The zero-order valence-corrected chi connectivity index (χ0v) is 11.6. The molecule has 0 radical (unpaired) electrons. The van der Waals surface area contributed by atoms with E-state index in [1.807, 2.05) is 0 Å². The average molecular weight is 274 g/mol. The van der Waals surface area contributed by atoms with Gasteiger partial charge in [0.15, 0.2) is 0 Å². The number of nitrogen functional groups attached to an aromatic ring is 1. The Balaban J connectivity index is 2.28. The zero-order valence-electron chi connectivity index (χ0n) is 11.6. The first kappa shape index (κ1) is 14.0. The standard InChI is InChI=1S/C14H18N4O2/c1-10(2)6-7-17-9-13(15)14(16-17)11-4-3-5-12(8-11)18(19)20/h3-5,8-10H,6-7,15H2,1-2H3. The van der Waals surface area contributed by atoms with Crippen LogP contribution in [0.4, 0.5) is 11.4 Å². The Morgan fingerprint density at radius 1 is 1.45 bits per heavy atom. The molecule has 0 aliphatic rings. The van der Waals surface area contributed by atoms with E-state index in [0.717, 1.165) is 13.0 Å². The van der Waals surface area contributed by atoms with E-state index in [-0.39, 0.29) is 5.69 Å². The molecule has 1 aromatic carbocycles. The van der Waals surface area contributed by atoms with Crippen LogP contribution in [0.5, 0.6) is 0 Å². The monoisotopic (exact) mass is 274 g/mol. The van der Waals surface area contributed by atoms with E-state index < -0.39 is 4.92 Å². The minimum absolute atomic E-state index is 0.0404. The first-order valence-corrected chi connectivity index (χ1v) is 6.55. The summed E-state index contributed by atoms with van der Waals surface area (Å²) in [5, 5.41) is 15.2. The Kier molecular flexibility index (Phi) is 4.02. The summed E-state index contributed by atoms with van der Waals surface area (Å²) >= 11 is 0. The summed E-state index contributed by atoms with van der Waals surface area (Å²) in [5.41, 5.74) is 7.79. The molecule has 0 aliphatic heterocycles. The third-order valence-electron chi connectivity index (χ3n) is 3.06. The van der Waals surface area contributed by atoms with Gasteiger partial charge < -0.3 is 5.73 Å². The highest BCUT2D eigenvalue weighted by atomic mass is 16.6. The van der Waals surface area contributed by atoms with E-state index in [4.69, 9.17) is 5.73 Å². The van der Waals surface area contributed by atoms with Crippen LogP contribution in [0.15, 0.2) is 30.5 Å². The maximum Gasteiger partial charge on any atom is 0.270 e. The number of nitrogens with two attached hydrogens (primary N) is 1. The Hall–Kier alpha value is -2.37. The summed E-state index contributed by atoms with van der Waals surface area (Å²) in [6.07, 6.45) is 2.78. The van der Waals surface area contributed by atoms with Gasteiger partial charge >= 0.3 is 0 Å². The lowest BCUT2D eigenvalue weighted by Crippen LogP contribution is -2.02. The molecule has 0 spiro atoms. The number of rotatable bonds is 5. The molecule has 0 unspecified atom stereocenters. The number of aromatic nitrogens is 2. The molecule has 6 heteroatoms. The van der Waals surface area contributed by atoms with Gasteiger partial charge in [-0.05, 0) is 12.3 Å². The summed E-state index contributed by atoms with van der Waals surface area (Å²) in [5.74, 6) is 0.585. The van der Waals surface area contributed by atoms with Crippen LogP contribution >= 0.6 is 0 Å². The summed E-state index contributed by atoms with van der Waals surface area (Å²) < 4.78 is 1.80. The Morgan fingerprint density at radius 3 is 2.85 bits per heavy atom. The fraction of sp³-hybridized carbons (Fsp3) is 0.357. The van der Waals surface area contributed by atoms with Crippen molar-refractivity contribution in [2.24, 2.45) is 5.92 Å². The van der Waals surface area contributed by atoms with Crippen molar-refractivity contribution in [1.82, 2.24) is 9.78 Å². The first-order valence-electron chi connectivity index (χ1n) is 6.55. The Bertz CT molecular complexity index is 619. The molecule has 20 heavy (non-hydrogen) atoms. The van der Waals surface area contributed by atoms with Crippen molar-refractivity contribution in [1.29, 1.82) is 0 Å². The zero-order chi connectivity index (χ0) is 14.7. The molecule has 0 saturated heterocycles. The molecular weight excluding hydrogens is 256 g/mol. The number of nitro groups is 1. The smallest absolute Gasteiger partial charge is 0.270 e. The number of anilines is 1. The van der Waals surface area contributed by atoms with Gasteiger partial charge in [0, 0.05) is 30.4 Å². The van der Waals surface area contributed by atoms with Crippen molar-refractivity contribution < 1.29 is 4.92 Å². The van der Waals surface area contributed by atoms with E-state index in [2.05, 4.69) is 18.9 Å². The van der Waals surface area contributed by atoms with Crippen molar-refractivity contribution >= 4 is 11.4 Å². The Morgan fingerprint density at radius 2 is 2.20 bits per heavy atom. The summed E-state index contributed by atoms with van der Waals surface area (Å²) in [6, 6.07) is 6.36. The van der Waals surface area contributed by atoms with Crippen LogP contribution in [0.3, 0.4) is 0 Å². The second-order valence-electron chi connectivity index (χ2n) is 5.19. The average Bonchev–Trinajstić information content (AvgIpc) is 2.78. The minimum atomic E-state index is -0.421. The maximum absolute atomic E-state index is 10.8. The lowest BCUT2D eigenvalue weighted by Gasteiger charge is -2.04. The topological polar surface area (TPSA) is 87.0 Å². The second kappa shape index (κ2) is 5.73. The van der Waals surface area contributed by atoms with Crippen LogP contribution in [0, 0.1) is 16.0 Å². The van der Waals surface area contributed by atoms with Gasteiger partial charge in [0.2, 0.25) is 0 Å². The van der Waals surface area contributed by atoms with Gasteiger partial charge in [-0.15, -0.1) is 0 Å². The molecule has 0 fully saturated rings. The van der Waals surface area contributed by atoms with E-state index >= 15 is 0 Å². The first-order chi connectivity index (χ1) is 9.47. The molecule has 106 valence electrons. The predicted octanol–water partition coefficient (Wildman–Crippen LogP) is 3.09. The van der Waals surface area contributed by atoms with Gasteiger partial charge in [-0.25, -0.2) is 0 Å². The highest BCUT2D eigenvalue weighted by Crippen LogP contribution is 2.27. The van der Waals surface area contributed by atoms with Gasteiger partial charge in [0.05, 0.1) is 10.6 Å². The molecule has 0 saturated carbocycles. The number of nitrogens with zero attached hydrogens (tertiary/aromatic N) is 3. The van der Waals surface area contributed by atoms with Crippen LogP contribution in [0.25, 0.3) is 11.3 Å². The van der Waals surface area contributed by atoms with Crippen molar-refractivity contribution in [3.63, 3.8) is 0 Å². The van der Waals surface area contributed by atoms with Gasteiger partial charge in [0.25, 0.3) is 5.69 Å². The summed E-state index contributed by atoms with van der Waals surface area (Å²) in [7, 11) is 0. The van der Waals surface area contributed by atoms with E-state index in [1.54, 1.807) is 23.0 Å². The number of nitro benzene ring substituents is 1.